The highest BCUT2D eigenvalue weighted by molar-refractivity contribution is 5.87. The van der Waals surface area contributed by atoms with Crippen molar-refractivity contribution in [2.24, 2.45) is 0 Å². The van der Waals surface area contributed by atoms with Gasteiger partial charge in [0, 0.05) is 39.0 Å². The van der Waals surface area contributed by atoms with Crippen LogP contribution in [0.5, 0.6) is 5.75 Å². The monoisotopic (exact) mass is 634 g/mol. The first-order valence-corrected chi connectivity index (χ1v) is 16.4. The highest BCUT2D eigenvalue weighted by atomic mass is 16.6. The summed E-state index contributed by atoms with van der Waals surface area (Å²) >= 11 is 0. The van der Waals surface area contributed by atoms with Crippen LogP contribution in [0.1, 0.15) is 112 Å². The van der Waals surface area contributed by atoms with Crippen LogP contribution >= 0.6 is 0 Å². The number of benzene rings is 1. The molecular formula is C34H58N4O7. The van der Waals surface area contributed by atoms with Crippen LogP contribution in [0, 0.1) is 0 Å². The summed E-state index contributed by atoms with van der Waals surface area (Å²) in [6, 6.07) is 5.81. The number of alkyl carbamates (subject to hydrolysis) is 1. The fourth-order valence-electron chi connectivity index (χ4n) is 4.44. The molecule has 0 bridgehead atoms. The zero-order valence-electron chi connectivity index (χ0n) is 28.6. The molecule has 11 heteroatoms. The first kappa shape index (κ1) is 39.5. The normalized spacial score (nSPS) is 12.2. The predicted octanol–water partition coefficient (Wildman–Crippen LogP) is 5.83. The molecule has 1 aromatic carbocycles. The Morgan fingerprint density at radius 1 is 0.778 bits per heavy atom. The minimum Gasteiger partial charge on any atom is -0.508 e. The Hall–Kier alpha value is -3.50. The Balaban J connectivity index is 2.52. The molecular weight excluding hydrogens is 576 g/mol. The number of aromatic hydroxyl groups is 1. The average molecular weight is 635 g/mol. The third kappa shape index (κ3) is 20.2. The quantitative estimate of drug-likeness (QED) is 0.140. The zero-order chi connectivity index (χ0) is 33.9. The van der Waals surface area contributed by atoms with E-state index < -0.39 is 23.3 Å². The highest BCUT2D eigenvalue weighted by Gasteiger charge is 2.23. The SMILES string of the molecule is CCCC(=O)NC(Cc1ccc(O)cc1)C(=O)NCCCN(CCCCCCCCNC(=O)OC(C)(C)C)C(=O)OC(C)(C)C. The van der Waals surface area contributed by atoms with Gasteiger partial charge in [0.05, 0.1) is 0 Å². The van der Waals surface area contributed by atoms with Crippen molar-refractivity contribution in [2.75, 3.05) is 26.2 Å². The fourth-order valence-corrected chi connectivity index (χ4v) is 4.44. The fraction of sp³-hybridized carbons (Fsp3) is 0.706. The van der Waals surface area contributed by atoms with E-state index in [1.165, 1.54) is 0 Å². The molecule has 1 aromatic rings. The van der Waals surface area contributed by atoms with Gasteiger partial charge in [0.2, 0.25) is 11.8 Å². The van der Waals surface area contributed by atoms with Crippen LogP contribution in [0.4, 0.5) is 9.59 Å². The molecule has 0 aromatic heterocycles. The molecule has 0 aliphatic heterocycles. The second-order valence-electron chi connectivity index (χ2n) is 13.4. The van der Waals surface area contributed by atoms with E-state index in [4.69, 9.17) is 9.47 Å². The Kier molecular flexibility index (Phi) is 18.0. The van der Waals surface area contributed by atoms with E-state index in [1.54, 1.807) is 29.2 Å². The summed E-state index contributed by atoms with van der Waals surface area (Å²) in [6.45, 7) is 14.8. The minimum absolute atomic E-state index is 0.133. The van der Waals surface area contributed by atoms with Crippen molar-refractivity contribution in [1.29, 1.82) is 0 Å². The van der Waals surface area contributed by atoms with E-state index in [2.05, 4.69) is 16.0 Å². The molecule has 0 saturated heterocycles. The van der Waals surface area contributed by atoms with Crippen LogP contribution in [0.25, 0.3) is 0 Å². The lowest BCUT2D eigenvalue weighted by molar-refractivity contribution is -0.129. The largest absolute Gasteiger partial charge is 0.508 e. The van der Waals surface area contributed by atoms with E-state index in [0.717, 1.165) is 44.1 Å². The zero-order valence-corrected chi connectivity index (χ0v) is 28.6. The summed E-state index contributed by atoms with van der Waals surface area (Å²) in [5, 5.41) is 18.1. The van der Waals surface area contributed by atoms with Crippen molar-refractivity contribution in [1.82, 2.24) is 20.9 Å². The van der Waals surface area contributed by atoms with Crippen LogP contribution in [0.2, 0.25) is 0 Å². The van der Waals surface area contributed by atoms with Crippen molar-refractivity contribution < 1.29 is 33.8 Å². The molecule has 4 N–H and O–H groups in total. The number of carbonyl (C=O) groups excluding carboxylic acids is 4. The summed E-state index contributed by atoms with van der Waals surface area (Å²) in [5.41, 5.74) is -0.301. The van der Waals surface area contributed by atoms with Gasteiger partial charge >= 0.3 is 12.2 Å². The predicted molar refractivity (Wildman–Crippen MR) is 176 cm³/mol. The second-order valence-corrected chi connectivity index (χ2v) is 13.4. The maximum atomic E-state index is 13.0. The Bertz CT molecular complexity index is 1030. The molecule has 45 heavy (non-hydrogen) atoms. The maximum Gasteiger partial charge on any atom is 0.410 e. The summed E-state index contributed by atoms with van der Waals surface area (Å²) in [6.07, 6.45) is 6.80. The van der Waals surface area contributed by atoms with Crippen LogP contribution in [-0.2, 0) is 25.5 Å². The third-order valence-corrected chi connectivity index (χ3v) is 6.58. The molecule has 0 aliphatic rings. The van der Waals surface area contributed by atoms with Gasteiger partial charge in [0.25, 0.3) is 0 Å². The lowest BCUT2D eigenvalue weighted by Crippen LogP contribution is -2.48. The van der Waals surface area contributed by atoms with Crippen LogP contribution in [0.15, 0.2) is 24.3 Å². The number of phenols is 1. The molecule has 1 atom stereocenters. The van der Waals surface area contributed by atoms with Gasteiger partial charge in [-0.1, -0.05) is 44.7 Å². The number of hydrogen-bond acceptors (Lipinski definition) is 7. The second kappa shape index (κ2) is 20.5. The number of ether oxygens (including phenoxy) is 2. The van der Waals surface area contributed by atoms with Gasteiger partial charge in [0.1, 0.15) is 23.0 Å². The molecule has 0 radical (unpaired) electrons. The van der Waals surface area contributed by atoms with Gasteiger partial charge < -0.3 is 35.4 Å². The number of unbranched alkanes of at least 4 members (excludes halogenated alkanes) is 5. The number of phenolic OH excluding ortho intramolecular Hbond substituents is 1. The topological polar surface area (TPSA) is 146 Å². The molecule has 1 unspecified atom stereocenters. The minimum atomic E-state index is -0.747. The summed E-state index contributed by atoms with van der Waals surface area (Å²) in [4.78, 5) is 51.6. The molecule has 11 nitrogen and oxygen atoms in total. The number of carbonyl (C=O) groups is 4. The molecule has 1 rings (SSSR count). The molecule has 0 fully saturated rings. The van der Waals surface area contributed by atoms with Crippen LogP contribution in [-0.4, -0.2) is 77.4 Å². The van der Waals surface area contributed by atoms with E-state index in [-0.39, 0.29) is 23.7 Å². The number of amides is 4. The third-order valence-electron chi connectivity index (χ3n) is 6.58. The van der Waals surface area contributed by atoms with Crippen molar-refractivity contribution >= 4 is 24.0 Å². The first-order valence-electron chi connectivity index (χ1n) is 16.4. The molecule has 4 amide bonds. The maximum absolute atomic E-state index is 13.0. The standard InChI is InChI=1S/C34H58N4O7/c1-8-16-29(40)37-28(25-26-17-19-27(39)20-18-26)30(41)35-22-15-24-38(32(43)45-34(5,6)7)23-14-12-10-9-11-13-21-36-31(42)44-33(2,3)4/h17-20,28,39H,8-16,21-25H2,1-7H3,(H,35,41)(H,36,42)(H,37,40). The van der Waals surface area contributed by atoms with Gasteiger partial charge in [-0.3, -0.25) is 9.59 Å². The lowest BCUT2D eigenvalue weighted by Gasteiger charge is -2.27. The molecule has 0 heterocycles. The number of rotatable bonds is 19. The van der Waals surface area contributed by atoms with E-state index in [0.29, 0.717) is 51.9 Å². The summed E-state index contributed by atoms with van der Waals surface area (Å²) in [5.74, 6) is -0.350. The number of nitrogens with one attached hydrogen (secondary N) is 3. The van der Waals surface area contributed by atoms with Crippen LogP contribution in [0.3, 0.4) is 0 Å². The van der Waals surface area contributed by atoms with Gasteiger partial charge in [-0.2, -0.15) is 0 Å². The summed E-state index contributed by atoms with van der Waals surface area (Å²) < 4.78 is 10.9. The molecule has 0 saturated carbocycles. The number of hydrogen-bond donors (Lipinski definition) is 4. The Morgan fingerprint density at radius 2 is 1.33 bits per heavy atom. The van der Waals surface area contributed by atoms with Crippen molar-refractivity contribution in [3.8, 4) is 5.75 Å². The average Bonchev–Trinajstić information content (AvgIpc) is 2.92. The van der Waals surface area contributed by atoms with E-state index >= 15 is 0 Å². The lowest BCUT2D eigenvalue weighted by atomic mass is 10.0. The first-order chi connectivity index (χ1) is 21.1. The van der Waals surface area contributed by atoms with Crippen molar-refractivity contribution in [3.05, 3.63) is 29.8 Å². The van der Waals surface area contributed by atoms with E-state index in [1.807, 2.05) is 48.5 Å². The van der Waals surface area contributed by atoms with Crippen LogP contribution < -0.4 is 16.0 Å². The van der Waals surface area contributed by atoms with Gasteiger partial charge in [-0.25, -0.2) is 9.59 Å². The van der Waals surface area contributed by atoms with E-state index in [9.17, 15) is 24.3 Å². The molecule has 256 valence electrons. The van der Waals surface area contributed by atoms with Gasteiger partial charge in [-0.15, -0.1) is 0 Å². The smallest absolute Gasteiger partial charge is 0.410 e. The molecule has 0 spiro atoms. The molecule has 0 aliphatic carbocycles. The summed E-state index contributed by atoms with van der Waals surface area (Å²) in [7, 11) is 0. The van der Waals surface area contributed by atoms with Gasteiger partial charge in [-0.05, 0) is 84.9 Å². The van der Waals surface area contributed by atoms with Gasteiger partial charge in [0.15, 0.2) is 0 Å². The van der Waals surface area contributed by atoms with Crippen molar-refractivity contribution in [3.63, 3.8) is 0 Å². The highest BCUT2D eigenvalue weighted by Crippen LogP contribution is 2.14. The Labute approximate surface area is 270 Å². The van der Waals surface area contributed by atoms with Crippen molar-refractivity contribution in [2.45, 2.75) is 130 Å². The number of nitrogens with zero attached hydrogens (tertiary/aromatic N) is 1. The Morgan fingerprint density at radius 3 is 1.93 bits per heavy atom.